The molecule has 0 spiro atoms. The maximum absolute atomic E-state index is 11.4. The Bertz CT molecular complexity index is 492. The van der Waals surface area contributed by atoms with Crippen molar-refractivity contribution in [3.05, 3.63) is 22.2 Å². The number of nitrogens with one attached hydrogen (secondary N) is 1. The highest BCUT2D eigenvalue weighted by Crippen LogP contribution is 2.40. The maximum atomic E-state index is 11.4. The summed E-state index contributed by atoms with van der Waals surface area (Å²) < 4.78 is 0.814. The number of hydrogen-bond donors (Lipinski definition) is 3. The molecule has 0 fully saturated rings. The van der Waals surface area contributed by atoms with Gasteiger partial charge in [-0.1, -0.05) is 6.92 Å². The normalized spacial score (nSPS) is 21.4. The van der Waals surface area contributed by atoms with E-state index in [0.29, 0.717) is 11.3 Å². The molecule has 98 valence electrons. The molecule has 0 radical (unpaired) electrons. The third-order valence-corrected chi connectivity index (χ3v) is 5.17. The van der Waals surface area contributed by atoms with Gasteiger partial charge in [0.15, 0.2) is 6.10 Å². The average Bonchev–Trinajstić information content (AvgIpc) is 2.56. The monoisotopic (exact) mass is 331 g/mol. The highest BCUT2D eigenvalue weighted by atomic mass is 79.9. The van der Waals surface area contributed by atoms with Crippen LogP contribution < -0.4 is 5.32 Å². The molecule has 0 aromatic heterocycles. The number of benzene rings is 1. The fourth-order valence-electron chi connectivity index (χ4n) is 1.63. The first-order valence-corrected chi connectivity index (χ1v) is 7.24. The molecule has 1 heterocycles. The first-order valence-electron chi connectivity index (χ1n) is 5.57. The van der Waals surface area contributed by atoms with E-state index in [1.807, 2.05) is 13.0 Å². The van der Waals surface area contributed by atoms with Crippen molar-refractivity contribution < 1.29 is 15.0 Å². The molecule has 3 atom stereocenters. The average molecular weight is 332 g/mol. The van der Waals surface area contributed by atoms with Crippen LogP contribution in [0.5, 0.6) is 0 Å². The summed E-state index contributed by atoms with van der Waals surface area (Å²) in [5.74, 6) is -0.400. The number of anilines is 1. The van der Waals surface area contributed by atoms with E-state index in [0.717, 1.165) is 9.37 Å². The Kier molecular flexibility index (Phi) is 4.01. The minimum absolute atomic E-state index is 0.0429. The summed E-state index contributed by atoms with van der Waals surface area (Å²) in [5, 5.41) is 21.8. The third kappa shape index (κ3) is 2.56. The number of rotatable bonds is 3. The van der Waals surface area contributed by atoms with Crippen LogP contribution in [0.3, 0.4) is 0 Å². The van der Waals surface area contributed by atoms with Crippen LogP contribution in [0, 0.1) is 0 Å². The summed E-state index contributed by atoms with van der Waals surface area (Å²) >= 11 is 4.94. The smallest absolute Gasteiger partial charge is 0.257 e. The Morgan fingerprint density at radius 2 is 2.11 bits per heavy atom. The van der Waals surface area contributed by atoms with Gasteiger partial charge in [-0.15, -0.1) is 11.8 Å². The summed E-state index contributed by atoms with van der Waals surface area (Å²) in [6.07, 6.45) is -1.51. The lowest BCUT2D eigenvalue weighted by atomic mass is 10.1. The predicted molar refractivity (Wildman–Crippen MR) is 74.7 cm³/mol. The van der Waals surface area contributed by atoms with Crippen LogP contribution in [0.1, 0.15) is 25.5 Å². The number of carbonyl (C=O) groups excluding carboxylic acids is 1. The van der Waals surface area contributed by atoms with Crippen molar-refractivity contribution in [3.8, 4) is 0 Å². The Morgan fingerprint density at radius 1 is 1.44 bits per heavy atom. The second-order valence-electron chi connectivity index (χ2n) is 4.33. The second-order valence-corrected chi connectivity index (χ2v) is 6.60. The van der Waals surface area contributed by atoms with Crippen molar-refractivity contribution >= 4 is 39.3 Å². The van der Waals surface area contributed by atoms with E-state index in [-0.39, 0.29) is 5.25 Å². The molecule has 0 saturated heterocycles. The molecule has 1 amide bonds. The van der Waals surface area contributed by atoms with E-state index in [4.69, 9.17) is 0 Å². The van der Waals surface area contributed by atoms with Crippen LogP contribution in [0.25, 0.3) is 0 Å². The van der Waals surface area contributed by atoms with Gasteiger partial charge in [-0.3, -0.25) is 4.79 Å². The summed E-state index contributed by atoms with van der Waals surface area (Å²) in [5.41, 5.74) is 1.22. The number of carbonyl (C=O) groups is 1. The van der Waals surface area contributed by atoms with Gasteiger partial charge in [0.25, 0.3) is 5.91 Å². The highest BCUT2D eigenvalue weighted by Gasteiger charge is 2.29. The summed E-state index contributed by atoms with van der Waals surface area (Å²) in [6, 6.07) is 3.56. The first kappa shape index (κ1) is 13.9. The Labute approximate surface area is 118 Å². The van der Waals surface area contributed by atoms with Gasteiger partial charge in [-0.2, -0.15) is 0 Å². The predicted octanol–water partition coefficient (Wildman–Crippen LogP) is 2.30. The summed E-state index contributed by atoms with van der Waals surface area (Å²) in [4.78, 5) is 12.3. The molecule has 3 unspecified atom stereocenters. The van der Waals surface area contributed by atoms with Crippen molar-refractivity contribution in [3.63, 3.8) is 0 Å². The minimum Gasteiger partial charge on any atom is -0.392 e. The first-order chi connectivity index (χ1) is 8.40. The Morgan fingerprint density at radius 3 is 2.72 bits per heavy atom. The largest absolute Gasteiger partial charge is 0.392 e. The topological polar surface area (TPSA) is 69.6 Å². The van der Waals surface area contributed by atoms with Gasteiger partial charge in [-0.25, -0.2) is 0 Å². The molecule has 0 aliphatic carbocycles. The summed E-state index contributed by atoms with van der Waals surface area (Å²) in [7, 11) is 0. The molecule has 2 rings (SSSR count). The van der Waals surface area contributed by atoms with Gasteiger partial charge in [0.1, 0.15) is 0 Å². The standard InChI is InChI=1S/C12H14BrNO3S/c1-5(15)6(2)18-10-4-9-7(3-8(10)13)11(16)12(17)14-9/h3-6,11,15-16H,1-2H3,(H,14,17). The lowest BCUT2D eigenvalue weighted by Gasteiger charge is -2.16. The van der Waals surface area contributed by atoms with Crippen LogP contribution in [-0.2, 0) is 4.79 Å². The lowest BCUT2D eigenvalue weighted by molar-refractivity contribution is -0.123. The Hall–Kier alpha value is -0.560. The van der Waals surface area contributed by atoms with Gasteiger partial charge in [0.2, 0.25) is 0 Å². The van der Waals surface area contributed by atoms with E-state index in [1.165, 1.54) is 11.8 Å². The zero-order valence-corrected chi connectivity index (χ0v) is 12.4. The van der Waals surface area contributed by atoms with Crippen LogP contribution in [0.15, 0.2) is 21.5 Å². The Balaban J connectivity index is 2.30. The van der Waals surface area contributed by atoms with Gasteiger partial charge in [0.05, 0.1) is 6.10 Å². The molecule has 0 bridgehead atoms. The quantitative estimate of drug-likeness (QED) is 0.743. The lowest BCUT2D eigenvalue weighted by Crippen LogP contribution is -2.14. The second kappa shape index (κ2) is 5.21. The summed E-state index contributed by atoms with van der Waals surface area (Å²) in [6.45, 7) is 3.67. The van der Waals surface area contributed by atoms with Gasteiger partial charge in [-0.05, 0) is 35.0 Å². The van der Waals surface area contributed by atoms with Crippen LogP contribution >= 0.6 is 27.7 Å². The molecule has 1 aromatic carbocycles. The van der Waals surface area contributed by atoms with Crippen molar-refractivity contribution in [2.75, 3.05) is 5.32 Å². The number of halogens is 1. The zero-order valence-electron chi connectivity index (χ0n) is 9.98. The fraction of sp³-hybridized carbons (Fsp3) is 0.417. The van der Waals surface area contributed by atoms with E-state index in [9.17, 15) is 15.0 Å². The van der Waals surface area contributed by atoms with Crippen molar-refractivity contribution in [1.82, 2.24) is 0 Å². The highest BCUT2D eigenvalue weighted by molar-refractivity contribution is 9.10. The van der Waals surface area contributed by atoms with E-state index in [2.05, 4.69) is 21.2 Å². The molecule has 1 aliphatic heterocycles. The minimum atomic E-state index is -1.09. The number of thioether (sulfide) groups is 1. The molecule has 1 aromatic rings. The molecule has 4 nitrogen and oxygen atoms in total. The number of amides is 1. The van der Waals surface area contributed by atoms with Crippen LogP contribution in [0.2, 0.25) is 0 Å². The molecule has 1 aliphatic rings. The van der Waals surface area contributed by atoms with Crippen LogP contribution in [-0.4, -0.2) is 27.5 Å². The van der Waals surface area contributed by atoms with Gasteiger partial charge < -0.3 is 15.5 Å². The van der Waals surface area contributed by atoms with E-state index < -0.39 is 18.1 Å². The number of fused-ring (bicyclic) bond motifs is 1. The SMILES string of the molecule is CC(O)C(C)Sc1cc2c(cc1Br)C(O)C(=O)N2. The van der Waals surface area contributed by atoms with Crippen molar-refractivity contribution in [1.29, 1.82) is 0 Å². The number of hydrogen-bond acceptors (Lipinski definition) is 4. The molecule has 6 heteroatoms. The number of aliphatic hydroxyl groups excluding tert-OH is 2. The van der Waals surface area contributed by atoms with Crippen LogP contribution in [0.4, 0.5) is 5.69 Å². The van der Waals surface area contributed by atoms with E-state index >= 15 is 0 Å². The van der Waals surface area contributed by atoms with Gasteiger partial charge >= 0.3 is 0 Å². The van der Waals surface area contributed by atoms with Crippen molar-refractivity contribution in [2.45, 2.75) is 36.2 Å². The molecular weight excluding hydrogens is 318 g/mol. The molecule has 0 saturated carbocycles. The maximum Gasteiger partial charge on any atom is 0.257 e. The third-order valence-electron chi connectivity index (χ3n) is 2.90. The fourth-order valence-corrected chi connectivity index (χ4v) is 3.23. The zero-order chi connectivity index (χ0) is 13.4. The molecular formula is C12H14BrNO3S. The van der Waals surface area contributed by atoms with Crippen molar-refractivity contribution in [2.24, 2.45) is 0 Å². The van der Waals surface area contributed by atoms with E-state index in [1.54, 1.807) is 13.0 Å². The number of aliphatic hydroxyl groups is 2. The molecule has 18 heavy (non-hydrogen) atoms. The van der Waals surface area contributed by atoms with Gasteiger partial charge in [0, 0.05) is 25.9 Å². The molecule has 3 N–H and O–H groups in total.